The number of piperazine rings is 1. The minimum absolute atomic E-state index is 0.198. The molecule has 5 rings (SSSR count). The molecule has 1 aromatic carbocycles. The number of phenolic OH excluding ortho intramolecular Hbond substituents is 1. The van der Waals surface area contributed by atoms with Crippen LogP contribution in [0, 0.1) is 17.8 Å². The summed E-state index contributed by atoms with van der Waals surface area (Å²) < 4.78 is 2.05. The number of benzene rings is 1. The fourth-order valence-corrected chi connectivity index (χ4v) is 4.99. The Balaban J connectivity index is 1.36. The van der Waals surface area contributed by atoms with Crippen LogP contribution >= 0.6 is 0 Å². The lowest BCUT2D eigenvalue weighted by Crippen LogP contribution is -2.55. The van der Waals surface area contributed by atoms with E-state index in [0.717, 1.165) is 56.0 Å². The molecule has 1 saturated heterocycles. The average molecular weight is 445 g/mol. The molecule has 0 radical (unpaired) electrons. The summed E-state index contributed by atoms with van der Waals surface area (Å²) in [5, 5.41) is 27.9. The molecular weight excluding hydrogens is 412 g/mol. The highest BCUT2D eigenvalue weighted by molar-refractivity contribution is 6.02. The molecule has 2 aromatic rings. The number of nitrogens with zero attached hydrogens (tertiary/aromatic N) is 5. The molecule has 172 valence electrons. The second-order valence-electron chi connectivity index (χ2n) is 9.75. The van der Waals surface area contributed by atoms with Crippen molar-refractivity contribution < 1.29 is 5.11 Å². The van der Waals surface area contributed by atoms with Crippen molar-refractivity contribution in [3.63, 3.8) is 0 Å². The molecule has 1 saturated carbocycles. The highest BCUT2D eigenvalue weighted by Gasteiger charge is 2.46. The number of fused-ring (bicyclic) bond motifs is 1. The third-order valence-electron chi connectivity index (χ3n) is 7.43. The van der Waals surface area contributed by atoms with Crippen molar-refractivity contribution in [3.05, 3.63) is 35.7 Å². The smallest absolute Gasteiger partial charge is 0.139 e. The molecule has 2 N–H and O–H groups in total. The molecule has 0 spiro atoms. The fraction of sp³-hybridized carbons (Fsp3) is 0.500. The molecule has 0 amide bonds. The van der Waals surface area contributed by atoms with Gasteiger partial charge < -0.3 is 15.3 Å². The first kappa shape index (κ1) is 21.7. The zero-order chi connectivity index (χ0) is 23.0. The van der Waals surface area contributed by atoms with Crippen molar-refractivity contribution in [3.8, 4) is 29.2 Å². The maximum absolute atomic E-state index is 10.8. The van der Waals surface area contributed by atoms with Crippen LogP contribution in [0.15, 0.2) is 34.6 Å². The van der Waals surface area contributed by atoms with E-state index in [-0.39, 0.29) is 5.75 Å². The van der Waals surface area contributed by atoms with Crippen LogP contribution in [0.25, 0.3) is 11.1 Å². The van der Waals surface area contributed by atoms with Gasteiger partial charge in [-0.25, -0.2) is 0 Å². The largest absolute Gasteiger partial charge is 0.507 e. The van der Waals surface area contributed by atoms with E-state index in [1.165, 1.54) is 18.5 Å². The van der Waals surface area contributed by atoms with Gasteiger partial charge >= 0.3 is 0 Å². The van der Waals surface area contributed by atoms with Crippen LogP contribution in [-0.2, 0) is 13.0 Å². The number of nitrogens with one attached hydrogen (secondary N) is 1. The van der Waals surface area contributed by atoms with Crippen LogP contribution in [0.2, 0.25) is 0 Å². The van der Waals surface area contributed by atoms with Crippen molar-refractivity contribution in [2.24, 2.45) is 15.6 Å². The first-order valence-corrected chi connectivity index (χ1v) is 11.9. The van der Waals surface area contributed by atoms with Crippen molar-refractivity contribution in [2.45, 2.75) is 58.5 Å². The summed E-state index contributed by atoms with van der Waals surface area (Å²) in [6.45, 7) is 7.89. The number of hydrogen-bond donors (Lipinski definition) is 2. The Kier molecular flexibility index (Phi) is 5.71. The van der Waals surface area contributed by atoms with E-state index < -0.39 is 0 Å². The number of terminal acetylenes is 1. The van der Waals surface area contributed by atoms with Gasteiger partial charge in [0.05, 0.1) is 18.3 Å². The number of amidine groups is 1. The zero-order valence-corrected chi connectivity index (χ0v) is 19.5. The number of hydrogen-bond acceptors (Lipinski definition) is 5. The quantitative estimate of drug-likeness (QED) is 0.321. The molecule has 1 aromatic heterocycles. The molecule has 7 heteroatoms. The SMILES string of the molecule is C#CC/C(=N\N=C(/C)c1ccc(-c2cnn3c2CCC3)cc1O)N1CCN[C@H](C2(C)CC2)C1. The molecule has 7 nitrogen and oxygen atoms in total. The van der Waals surface area contributed by atoms with Crippen molar-refractivity contribution in [2.75, 3.05) is 19.6 Å². The summed E-state index contributed by atoms with van der Waals surface area (Å²) in [6.07, 6.45) is 12.7. The molecule has 0 unspecified atom stereocenters. The minimum atomic E-state index is 0.198. The van der Waals surface area contributed by atoms with E-state index in [0.29, 0.717) is 29.2 Å². The Bertz CT molecular complexity index is 1150. The van der Waals surface area contributed by atoms with E-state index in [9.17, 15) is 5.11 Å². The first-order valence-electron chi connectivity index (χ1n) is 11.9. The second kappa shape index (κ2) is 8.68. The van der Waals surface area contributed by atoms with E-state index in [1.54, 1.807) is 6.07 Å². The maximum Gasteiger partial charge on any atom is 0.139 e. The lowest BCUT2D eigenvalue weighted by molar-refractivity contribution is 0.226. The van der Waals surface area contributed by atoms with Crippen LogP contribution < -0.4 is 5.32 Å². The Morgan fingerprint density at radius 2 is 2.18 bits per heavy atom. The van der Waals surface area contributed by atoms with Gasteiger partial charge in [-0.3, -0.25) is 4.68 Å². The zero-order valence-electron chi connectivity index (χ0n) is 19.5. The van der Waals surface area contributed by atoms with Gasteiger partial charge in [-0.05, 0) is 55.7 Å². The Morgan fingerprint density at radius 1 is 1.33 bits per heavy atom. The van der Waals surface area contributed by atoms with Gasteiger partial charge in [0.2, 0.25) is 0 Å². The van der Waals surface area contributed by atoms with Crippen LogP contribution in [0.5, 0.6) is 5.75 Å². The monoisotopic (exact) mass is 444 g/mol. The Hall–Kier alpha value is -3.11. The standard InChI is InChI=1S/C26H32N6O/c1-4-6-25(31-14-12-27-24(17-31)26(3)10-11-26)30-29-18(2)20-9-8-19(15-23(20)33)21-16-28-32-13-5-7-22(21)32/h1,8-9,15-16,24,27,33H,5-7,10-14,17H2,2-3H3/b29-18+,30-25+/t24-/m0/s1. The summed E-state index contributed by atoms with van der Waals surface area (Å²) in [6, 6.07) is 6.19. The van der Waals surface area contributed by atoms with E-state index in [1.807, 2.05) is 25.3 Å². The summed E-state index contributed by atoms with van der Waals surface area (Å²) in [5.41, 5.74) is 5.04. The molecular formula is C26H32N6O. The molecule has 1 atom stereocenters. The minimum Gasteiger partial charge on any atom is -0.507 e. The molecule has 33 heavy (non-hydrogen) atoms. The maximum atomic E-state index is 10.8. The topological polar surface area (TPSA) is 78.0 Å². The van der Waals surface area contributed by atoms with Gasteiger partial charge in [-0.15, -0.1) is 11.5 Å². The van der Waals surface area contributed by atoms with Gasteiger partial charge in [-0.2, -0.15) is 10.2 Å². The number of aryl methyl sites for hydroxylation is 1. The number of aromatic nitrogens is 2. The van der Waals surface area contributed by atoms with Gasteiger partial charge in [0.25, 0.3) is 0 Å². The summed E-state index contributed by atoms with van der Waals surface area (Å²) in [4.78, 5) is 2.27. The molecule has 0 bridgehead atoms. The normalized spacial score (nSPS) is 22.2. The Morgan fingerprint density at radius 3 is 2.94 bits per heavy atom. The van der Waals surface area contributed by atoms with Crippen molar-refractivity contribution in [1.82, 2.24) is 20.0 Å². The van der Waals surface area contributed by atoms with Gasteiger partial charge in [0, 0.05) is 49.0 Å². The molecule has 1 aliphatic carbocycles. The van der Waals surface area contributed by atoms with Gasteiger partial charge in [0.1, 0.15) is 11.6 Å². The lowest BCUT2D eigenvalue weighted by atomic mass is 9.96. The summed E-state index contributed by atoms with van der Waals surface area (Å²) in [7, 11) is 0. The van der Waals surface area contributed by atoms with E-state index >= 15 is 0 Å². The predicted octanol–water partition coefficient (Wildman–Crippen LogP) is 3.42. The van der Waals surface area contributed by atoms with E-state index in [2.05, 4.69) is 43.0 Å². The predicted molar refractivity (Wildman–Crippen MR) is 131 cm³/mol. The number of rotatable bonds is 5. The van der Waals surface area contributed by atoms with Crippen molar-refractivity contribution in [1.29, 1.82) is 0 Å². The molecule has 2 aliphatic heterocycles. The van der Waals surface area contributed by atoms with E-state index in [4.69, 9.17) is 6.42 Å². The lowest BCUT2D eigenvalue weighted by Gasteiger charge is -2.38. The fourth-order valence-electron chi connectivity index (χ4n) is 4.99. The molecule has 2 fully saturated rings. The highest BCUT2D eigenvalue weighted by Crippen LogP contribution is 2.48. The molecule has 3 heterocycles. The van der Waals surface area contributed by atoms with Crippen LogP contribution in [-0.4, -0.2) is 57.0 Å². The van der Waals surface area contributed by atoms with Crippen LogP contribution in [0.1, 0.15) is 50.8 Å². The third-order valence-corrected chi connectivity index (χ3v) is 7.43. The third kappa shape index (κ3) is 4.28. The highest BCUT2D eigenvalue weighted by atomic mass is 16.3. The number of aromatic hydroxyl groups is 1. The van der Waals surface area contributed by atoms with Gasteiger partial charge in [0.15, 0.2) is 0 Å². The van der Waals surface area contributed by atoms with Crippen LogP contribution in [0.4, 0.5) is 0 Å². The van der Waals surface area contributed by atoms with Crippen molar-refractivity contribution >= 4 is 11.5 Å². The van der Waals surface area contributed by atoms with Gasteiger partial charge in [-0.1, -0.05) is 18.9 Å². The second-order valence-corrected chi connectivity index (χ2v) is 9.75. The average Bonchev–Trinajstić information content (AvgIpc) is 3.21. The molecule has 3 aliphatic rings. The summed E-state index contributed by atoms with van der Waals surface area (Å²) in [5.74, 6) is 3.75. The van der Waals surface area contributed by atoms with Crippen LogP contribution in [0.3, 0.4) is 0 Å². The number of phenols is 1. The summed E-state index contributed by atoms with van der Waals surface area (Å²) >= 11 is 0. The Labute approximate surface area is 195 Å². The first-order chi connectivity index (χ1) is 16.0.